The van der Waals surface area contributed by atoms with Crippen LogP contribution in [0.1, 0.15) is 24.6 Å². The Morgan fingerprint density at radius 1 is 1.19 bits per heavy atom. The topological polar surface area (TPSA) is 72.2 Å². The van der Waals surface area contributed by atoms with Crippen molar-refractivity contribution in [3.8, 4) is 11.1 Å². The van der Waals surface area contributed by atoms with E-state index in [-0.39, 0.29) is 18.4 Å². The van der Waals surface area contributed by atoms with Crippen molar-refractivity contribution in [2.75, 3.05) is 0 Å². The molecule has 0 saturated carbocycles. The smallest absolute Gasteiger partial charge is 0.303 e. The van der Waals surface area contributed by atoms with E-state index < -0.39 is 5.97 Å². The molecule has 0 aliphatic rings. The summed E-state index contributed by atoms with van der Waals surface area (Å²) in [5, 5.41) is 10.5. The standard InChI is InChI=1S/C20H19ClN2O3/c1-3-23-19-15(9-4-12(2)22-19)18(13-5-7-14(21)8-6-13)16(20(23)26)10-11-17(24)25/h4-9H,3,10-11H2,1-2H3,(H,24,25). The van der Waals surface area contributed by atoms with Crippen LogP contribution in [0.4, 0.5) is 0 Å². The van der Waals surface area contributed by atoms with Crippen molar-refractivity contribution in [2.24, 2.45) is 0 Å². The normalized spacial score (nSPS) is 11.0. The fourth-order valence-electron chi connectivity index (χ4n) is 3.18. The van der Waals surface area contributed by atoms with E-state index >= 15 is 0 Å². The molecule has 26 heavy (non-hydrogen) atoms. The van der Waals surface area contributed by atoms with E-state index in [9.17, 15) is 9.59 Å². The maximum absolute atomic E-state index is 13.1. The van der Waals surface area contributed by atoms with Gasteiger partial charge in [-0.2, -0.15) is 0 Å². The van der Waals surface area contributed by atoms with Gasteiger partial charge in [0.15, 0.2) is 0 Å². The summed E-state index contributed by atoms with van der Waals surface area (Å²) in [6, 6.07) is 11.0. The molecule has 134 valence electrons. The highest BCUT2D eigenvalue weighted by Gasteiger charge is 2.19. The number of aryl methyl sites for hydroxylation is 2. The number of hydrogen-bond donors (Lipinski definition) is 1. The molecule has 0 saturated heterocycles. The van der Waals surface area contributed by atoms with Gasteiger partial charge < -0.3 is 5.11 Å². The molecule has 6 heteroatoms. The molecule has 0 unspecified atom stereocenters. The van der Waals surface area contributed by atoms with Crippen LogP contribution in [0, 0.1) is 6.92 Å². The summed E-state index contributed by atoms with van der Waals surface area (Å²) in [7, 11) is 0. The van der Waals surface area contributed by atoms with E-state index in [2.05, 4.69) is 4.98 Å². The van der Waals surface area contributed by atoms with Crippen LogP contribution >= 0.6 is 11.6 Å². The van der Waals surface area contributed by atoms with Crippen molar-refractivity contribution < 1.29 is 9.90 Å². The number of benzene rings is 1. The van der Waals surface area contributed by atoms with Crippen molar-refractivity contribution in [1.82, 2.24) is 9.55 Å². The summed E-state index contributed by atoms with van der Waals surface area (Å²) in [5.74, 6) is -0.934. The minimum atomic E-state index is -0.934. The van der Waals surface area contributed by atoms with Gasteiger partial charge in [-0.1, -0.05) is 23.7 Å². The van der Waals surface area contributed by atoms with Crippen LogP contribution in [0.2, 0.25) is 5.02 Å². The van der Waals surface area contributed by atoms with Gasteiger partial charge in [-0.25, -0.2) is 4.98 Å². The van der Waals surface area contributed by atoms with Crippen LogP contribution in [-0.4, -0.2) is 20.6 Å². The molecule has 0 spiro atoms. The van der Waals surface area contributed by atoms with Gasteiger partial charge >= 0.3 is 5.97 Å². The lowest BCUT2D eigenvalue weighted by molar-refractivity contribution is -0.136. The van der Waals surface area contributed by atoms with E-state index in [1.807, 2.05) is 38.1 Å². The van der Waals surface area contributed by atoms with E-state index in [0.29, 0.717) is 22.8 Å². The van der Waals surface area contributed by atoms with Crippen LogP contribution < -0.4 is 5.56 Å². The van der Waals surface area contributed by atoms with E-state index in [0.717, 1.165) is 22.2 Å². The Kier molecular flexibility index (Phi) is 5.09. The van der Waals surface area contributed by atoms with Crippen molar-refractivity contribution in [3.05, 3.63) is 63.0 Å². The Labute approximate surface area is 155 Å². The molecule has 0 amide bonds. The van der Waals surface area contributed by atoms with Gasteiger partial charge in [0.05, 0.1) is 0 Å². The Hall–Kier alpha value is -2.66. The average Bonchev–Trinajstić information content (AvgIpc) is 2.60. The van der Waals surface area contributed by atoms with Crippen LogP contribution in [0.15, 0.2) is 41.2 Å². The van der Waals surface area contributed by atoms with Crippen molar-refractivity contribution in [2.45, 2.75) is 33.2 Å². The first-order valence-corrected chi connectivity index (χ1v) is 8.81. The number of aliphatic carboxylic acids is 1. The van der Waals surface area contributed by atoms with Crippen molar-refractivity contribution in [3.63, 3.8) is 0 Å². The molecule has 0 radical (unpaired) electrons. The number of rotatable bonds is 5. The summed E-state index contributed by atoms with van der Waals surface area (Å²) in [4.78, 5) is 28.8. The summed E-state index contributed by atoms with van der Waals surface area (Å²) in [6.07, 6.45) is 0.0558. The summed E-state index contributed by atoms with van der Waals surface area (Å²) >= 11 is 6.00. The van der Waals surface area contributed by atoms with Crippen LogP contribution in [0.3, 0.4) is 0 Å². The first-order valence-electron chi connectivity index (χ1n) is 8.43. The second kappa shape index (κ2) is 7.30. The quantitative estimate of drug-likeness (QED) is 0.735. The van der Waals surface area contributed by atoms with Gasteiger partial charge in [-0.15, -0.1) is 0 Å². The number of fused-ring (bicyclic) bond motifs is 1. The lowest BCUT2D eigenvalue weighted by Crippen LogP contribution is -2.26. The zero-order chi connectivity index (χ0) is 18.8. The molecule has 2 heterocycles. The van der Waals surface area contributed by atoms with Crippen LogP contribution in [0.25, 0.3) is 22.2 Å². The van der Waals surface area contributed by atoms with Gasteiger partial charge in [0.1, 0.15) is 5.65 Å². The third-order valence-corrected chi connectivity index (χ3v) is 4.63. The van der Waals surface area contributed by atoms with Crippen molar-refractivity contribution >= 4 is 28.6 Å². The van der Waals surface area contributed by atoms with E-state index in [4.69, 9.17) is 16.7 Å². The zero-order valence-corrected chi connectivity index (χ0v) is 15.4. The largest absolute Gasteiger partial charge is 0.481 e. The van der Waals surface area contributed by atoms with Gasteiger partial charge in [0, 0.05) is 40.2 Å². The average molecular weight is 371 g/mol. The SMILES string of the molecule is CCn1c(=O)c(CCC(=O)O)c(-c2ccc(Cl)cc2)c2ccc(C)nc21. The van der Waals surface area contributed by atoms with Crippen molar-refractivity contribution in [1.29, 1.82) is 0 Å². The fraction of sp³-hybridized carbons (Fsp3) is 0.250. The summed E-state index contributed by atoms with van der Waals surface area (Å²) in [6.45, 7) is 4.23. The number of halogens is 1. The zero-order valence-electron chi connectivity index (χ0n) is 14.6. The van der Waals surface area contributed by atoms with Crippen LogP contribution in [-0.2, 0) is 17.8 Å². The van der Waals surface area contributed by atoms with E-state index in [1.54, 1.807) is 16.7 Å². The predicted molar refractivity (Wildman–Crippen MR) is 103 cm³/mol. The first kappa shape index (κ1) is 18.1. The molecule has 0 fully saturated rings. The molecule has 1 N–H and O–H groups in total. The fourth-order valence-corrected chi connectivity index (χ4v) is 3.30. The Bertz CT molecular complexity index is 1040. The highest BCUT2D eigenvalue weighted by atomic mass is 35.5. The lowest BCUT2D eigenvalue weighted by atomic mass is 9.94. The third-order valence-electron chi connectivity index (χ3n) is 4.38. The molecule has 5 nitrogen and oxygen atoms in total. The number of pyridine rings is 2. The second-order valence-corrected chi connectivity index (χ2v) is 6.56. The van der Waals surface area contributed by atoms with Gasteiger partial charge in [-0.3, -0.25) is 14.2 Å². The third kappa shape index (κ3) is 3.35. The maximum atomic E-state index is 13.1. The second-order valence-electron chi connectivity index (χ2n) is 6.13. The molecule has 3 aromatic rings. The molecular weight excluding hydrogens is 352 g/mol. The lowest BCUT2D eigenvalue weighted by Gasteiger charge is -2.17. The molecule has 0 bridgehead atoms. The number of carboxylic acid groups (broad SMARTS) is 1. The van der Waals surface area contributed by atoms with E-state index in [1.165, 1.54) is 0 Å². The minimum absolute atomic E-state index is 0.107. The molecule has 1 aromatic carbocycles. The van der Waals surface area contributed by atoms with Gasteiger partial charge in [0.25, 0.3) is 5.56 Å². The Balaban J connectivity index is 2.41. The number of nitrogens with zero attached hydrogens (tertiary/aromatic N) is 2. The monoisotopic (exact) mass is 370 g/mol. The first-order chi connectivity index (χ1) is 12.4. The molecule has 0 atom stereocenters. The minimum Gasteiger partial charge on any atom is -0.481 e. The summed E-state index contributed by atoms with van der Waals surface area (Å²) in [5.41, 5.74) is 3.30. The van der Waals surface area contributed by atoms with Gasteiger partial charge in [-0.05, 0) is 50.1 Å². The molecule has 0 aliphatic carbocycles. The molecule has 3 rings (SSSR count). The molecule has 2 aromatic heterocycles. The maximum Gasteiger partial charge on any atom is 0.303 e. The molecular formula is C20H19ClN2O3. The van der Waals surface area contributed by atoms with Gasteiger partial charge in [0.2, 0.25) is 0 Å². The number of carbonyl (C=O) groups is 1. The predicted octanol–water partition coefficient (Wildman–Crippen LogP) is 4.06. The number of hydrogen-bond acceptors (Lipinski definition) is 3. The molecule has 0 aliphatic heterocycles. The van der Waals surface area contributed by atoms with Crippen LogP contribution in [0.5, 0.6) is 0 Å². The Morgan fingerprint density at radius 3 is 2.50 bits per heavy atom. The highest BCUT2D eigenvalue weighted by Crippen LogP contribution is 2.31. The number of carboxylic acids is 1. The summed E-state index contributed by atoms with van der Waals surface area (Å²) < 4.78 is 1.61. The highest BCUT2D eigenvalue weighted by molar-refractivity contribution is 6.30. The Morgan fingerprint density at radius 2 is 1.88 bits per heavy atom. The number of aromatic nitrogens is 2.